The molecule has 0 radical (unpaired) electrons. The summed E-state index contributed by atoms with van der Waals surface area (Å²) in [5.41, 5.74) is 5.40. The number of allylic oxidation sites excluding steroid dienone is 2. The highest BCUT2D eigenvalue weighted by Crippen LogP contribution is 2.27. The van der Waals surface area contributed by atoms with E-state index in [1.165, 1.54) is 13.3 Å². The number of ketones is 1. The maximum absolute atomic E-state index is 12.7. The number of hydrogen-bond donors (Lipinski definition) is 1. The molecule has 2 aromatic heterocycles. The van der Waals surface area contributed by atoms with E-state index in [4.69, 9.17) is 15.7 Å². The third-order valence-corrected chi connectivity index (χ3v) is 4.66. The van der Waals surface area contributed by atoms with E-state index in [1.807, 2.05) is 0 Å². The molecule has 0 fully saturated rings. The standard InChI is InChI=1S/C16H16N4O4S/c1-4-24-16(23)13-8(2)12-14(25-13)19-7-20(15(12)22)6-11(21)10(5-17)9(3)18/h7H,4,6,18H2,1-3H3/b10-9+. The Hall–Kier alpha value is -2.99. The number of nitriles is 1. The van der Waals surface area contributed by atoms with Crippen LogP contribution >= 0.6 is 11.3 Å². The first-order valence-electron chi connectivity index (χ1n) is 7.37. The van der Waals surface area contributed by atoms with Crippen LogP contribution in [0.4, 0.5) is 0 Å². The van der Waals surface area contributed by atoms with E-state index in [1.54, 1.807) is 19.9 Å². The molecular formula is C16H16N4O4S. The van der Waals surface area contributed by atoms with Crippen molar-refractivity contribution in [2.45, 2.75) is 27.3 Å². The Morgan fingerprint density at radius 1 is 1.48 bits per heavy atom. The second-order valence-corrected chi connectivity index (χ2v) is 6.23. The van der Waals surface area contributed by atoms with Crippen molar-refractivity contribution < 1.29 is 14.3 Å². The second-order valence-electron chi connectivity index (χ2n) is 5.23. The van der Waals surface area contributed by atoms with E-state index in [0.717, 1.165) is 15.9 Å². The average Bonchev–Trinajstić information content (AvgIpc) is 2.88. The largest absolute Gasteiger partial charge is 0.462 e. The zero-order chi connectivity index (χ0) is 18.7. The number of esters is 1. The van der Waals surface area contributed by atoms with Crippen molar-refractivity contribution in [3.63, 3.8) is 0 Å². The monoisotopic (exact) mass is 360 g/mol. The second kappa shape index (κ2) is 7.27. The van der Waals surface area contributed by atoms with Crippen LogP contribution in [0, 0.1) is 18.3 Å². The van der Waals surface area contributed by atoms with Gasteiger partial charge < -0.3 is 10.5 Å². The lowest BCUT2D eigenvalue weighted by Crippen LogP contribution is -2.26. The number of ether oxygens (including phenoxy) is 1. The molecule has 0 unspecified atom stereocenters. The van der Waals surface area contributed by atoms with E-state index in [0.29, 0.717) is 15.3 Å². The SMILES string of the molecule is CCOC(=O)c1sc2ncn(CC(=O)/C(C#N)=C(\C)N)c(=O)c2c1C. The highest BCUT2D eigenvalue weighted by atomic mass is 32.1. The molecule has 0 aromatic carbocycles. The van der Waals surface area contributed by atoms with Crippen LogP contribution < -0.4 is 11.3 Å². The Bertz CT molecular complexity index is 990. The number of carbonyl (C=O) groups excluding carboxylic acids is 2. The van der Waals surface area contributed by atoms with Gasteiger partial charge in [0.05, 0.1) is 24.9 Å². The van der Waals surface area contributed by atoms with Crippen molar-refractivity contribution in [3.05, 3.63) is 38.4 Å². The minimum absolute atomic E-state index is 0.0888. The van der Waals surface area contributed by atoms with Crippen LogP contribution in [0.25, 0.3) is 10.2 Å². The van der Waals surface area contributed by atoms with Gasteiger partial charge in [-0.25, -0.2) is 9.78 Å². The fourth-order valence-corrected chi connectivity index (χ4v) is 3.30. The predicted octanol–water partition coefficient (Wildman–Crippen LogP) is 1.27. The number of Topliss-reactive ketones (excluding diaryl/α,β-unsaturated/α-hetero) is 1. The molecule has 0 aliphatic carbocycles. The third kappa shape index (κ3) is 3.44. The van der Waals surface area contributed by atoms with Gasteiger partial charge in [-0.1, -0.05) is 0 Å². The molecule has 2 aromatic rings. The van der Waals surface area contributed by atoms with Crippen LogP contribution in [0.5, 0.6) is 0 Å². The van der Waals surface area contributed by atoms with Crippen molar-refractivity contribution in [3.8, 4) is 6.07 Å². The van der Waals surface area contributed by atoms with E-state index >= 15 is 0 Å². The highest BCUT2D eigenvalue weighted by molar-refractivity contribution is 7.20. The predicted molar refractivity (Wildman–Crippen MR) is 92.1 cm³/mol. The number of thiophene rings is 1. The molecule has 0 saturated heterocycles. The number of nitrogens with zero attached hydrogens (tertiary/aromatic N) is 3. The minimum Gasteiger partial charge on any atom is -0.462 e. The van der Waals surface area contributed by atoms with Crippen LogP contribution in [-0.2, 0) is 16.1 Å². The summed E-state index contributed by atoms with van der Waals surface area (Å²) in [6.45, 7) is 4.63. The normalized spacial score (nSPS) is 11.8. The summed E-state index contributed by atoms with van der Waals surface area (Å²) in [6.07, 6.45) is 1.22. The van der Waals surface area contributed by atoms with Gasteiger partial charge in [0.2, 0.25) is 0 Å². The lowest BCUT2D eigenvalue weighted by molar-refractivity contribution is -0.115. The average molecular weight is 360 g/mol. The van der Waals surface area contributed by atoms with E-state index < -0.39 is 17.3 Å². The highest BCUT2D eigenvalue weighted by Gasteiger charge is 2.21. The fourth-order valence-electron chi connectivity index (χ4n) is 2.27. The molecule has 2 rings (SSSR count). The van der Waals surface area contributed by atoms with Gasteiger partial charge in [-0.15, -0.1) is 11.3 Å². The third-order valence-electron chi connectivity index (χ3n) is 3.48. The van der Waals surface area contributed by atoms with Gasteiger partial charge in [-0.2, -0.15) is 5.26 Å². The van der Waals surface area contributed by atoms with Crippen molar-refractivity contribution in [1.29, 1.82) is 5.26 Å². The van der Waals surface area contributed by atoms with Gasteiger partial charge in [0.1, 0.15) is 21.3 Å². The molecule has 0 atom stereocenters. The zero-order valence-corrected chi connectivity index (χ0v) is 14.8. The number of rotatable bonds is 5. The fraction of sp³-hybridized carbons (Fsp3) is 0.312. The molecule has 9 heteroatoms. The molecule has 0 spiro atoms. The number of aromatic nitrogens is 2. The van der Waals surface area contributed by atoms with E-state index in [-0.39, 0.29) is 29.8 Å². The maximum Gasteiger partial charge on any atom is 0.348 e. The number of carbonyl (C=O) groups is 2. The molecule has 0 bridgehead atoms. The Kier molecular flexibility index (Phi) is 5.34. The Morgan fingerprint density at radius 3 is 2.72 bits per heavy atom. The van der Waals surface area contributed by atoms with Crippen molar-refractivity contribution >= 4 is 33.3 Å². The quantitative estimate of drug-likeness (QED) is 0.483. The number of fused-ring (bicyclic) bond motifs is 1. The molecule has 0 aliphatic heterocycles. The smallest absolute Gasteiger partial charge is 0.348 e. The zero-order valence-electron chi connectivity index (χ0n) is 14.0. The van der Waals surface area contributed by atoms with E-state index in [9.17, 15) is 14.4 Å². The van der Waals surface area contributed by atoms with Crippen LogP contribution in [-0.4, -0.2) is 27.9 Å². The summed E-state index contributed by atoms with van der Waals surface area (Å²) in [5.74, 6) is -1.09. The summed E-state index contributed by atoms with van der Waals surface area (Å²) in [4.78, 5) is 41.6. The summed E-state index contributed by atoms with van der Waals surface area (Å²) in [7, 11) is 0. The van der Waals surface area contributed by atoms with Crippen LogP contribution in [0.15, 0.2) is 22.4 Å². The van der Waals surface area contributed by atoms with Crippen molar-refractivity contribution in [2.75, 3.05) is 6.61 Å². The van der Waals surface area contributed by atoms with Crippen LogP contribution in [0.1, 0.15) is 29.1 Å². The van der Waals surface area contributed by atoms with Crippen molar-refractivity contribution in [2.24, 2.45) is 5.73 Å². The topological polar surface area (TPSA) is 128 Å². The Labute approximate surface area is 147 Å². The first-order chi connectivity index (χ1) is 11.8. The lowest BCUT2D eigenvalue weighted by Gasteiger charge is -2.05. The summed E-state index contributed by atoms with van der Waals surface area (Å²) in [5, 5.41) is 9.24. The molecule has 2 N–H and O–H groups in total. The van der Waals surface area contributed by atoms with Crippen LogP contribution in [0.2, 0.25) is 0 Å². The Morgan fingerprint density at radius 2 is 2.16 bits per heavy atom. The molecule has 25 heavy (non-hydrogen) atoms. The van der Waals surface area contributed by atoms with Gasteiger partial charge >= 0.3 is 5.97 Å². The number of hydrogen-bond acceptors (Lipinski definition) is 8. The van der Waals surface area contributed by atoms with Gasteiger partial charge in [0.15, 0.2) is 5.78 Å². The maximum atomic E-state index is 12.7. The van der Waals surface area contributed by atoms with Gasteiger partial charge in [-0.05, 0) is 26.3 Å². The molecule has 0 saturated carbocycles. The molecule has 0 amide bonds. The Balaban J connectivity index is 2.51. The molecule has 8 nitrogen and oxygen atoms in total. The molecule has 130 valence electrons. The summed E-state index contributed by atoms with van der Waals surface area (Å²) in [6, 6.07) is 1.73. The van der Waals surface area contributed by atoms with Crippen molar-refractivity contribution in [1.82, 2.24) is 9.55 Å². The lowest BCUT2D eigenvalue weighted by atomic mass is 10.1. The first kappa shape index (κ1) is 18.4. The van der Waals surface area contributed by atoms with E-state index in [2.05, 4.69) is 4.98 Å². The molecular weight excluding hydrogens is 344 g/mol. The molecule has 0 aliphatic rings. The van der Waals surface area contributed by atoms with Crippen LogP contribution in [0.3, 0.4) is 0 Å². The summed E-state index contributed by atoms with van der Waals surface area (Å²) < 4.78 is 6.07. The first-order valence-corrected chi connectivity index (χ1v) is 8.18. The number of aryl methyl sites for hydroxylation is 1. The molecule has 2 heterocycles. The van der Waals surface area contributed by atoms with Gasteiger partial charge in [0, 0.05) is 5.70 Å². The number of nitrogens with two attached hydrogens (primary N) is 1. The minimum atomic E-state index is -0.579. The summed E-state index contributed by atoms with van der Waals surface area (Å²) >= 11 is 1.06. The van der Waals surface area contributed by atoms with Gasteiger partial charge in [0.25, 0.3) is 5.56 Å². The van der Waals surface area contributed by atoms with Gasteiger partial charge in [-0.3, -0.25) is 14.2 Å².